The maximum absolute atomic E-state index is 11.5. The van der Waals surface area contributed by atoms with E-state index in [0.29, 0.717) is 5.56 Å². The van der Waals surface area contributed by atoms with Crippen LogP contribution in [0.2, 0.25) is 0 Å². The van der Waals surface area contributed by atoms with Gasteiger partial charge in [0.15, 0.2) is 0 Å². The Labute approximate surface area is 87.5 Å². The van der Waals surface area contributed by atoms with E-state index < -0.39 is 0 Å². The molecule has 0 bridgehead atoms. The van der Waals surface area contributed by atoms with Crippen LogP contribution in [0.1, 0.15) is 17.3 Å². The number of hydrogen-bond donors (Lipinski definition) is 4. The van der Waals surface area contributed by atoms with Crippen molar-refractivity contribution in [2.75, 3.05) is 12.3 Å². The molecular formula is C10H14N2O3. The maximum atomic E-state index is 11.5. The minimum atomic E-state index is -0.355. The van der Waals surface area contributed by atoms with Gasteiger partial charge in [0.2, 0.25) is 0 Å². The van der Waals surface area contributed by atoms with Gasteiger partial charge in [0.05, 0.1) is 12.3 Å². The van der Waals surface area contributed by atoms with Crippen LogP contribution >= 0.6 is 0 Å². The third-order valence-electron chi connectivity index (χ3n) is 1.94. The van der Waals surface area contributed by atoms with Crippen LogP contribution in [0.5, 0.6) is 5.75 Å². The zero-order valence-corrected chi connectivity index (χ0v) is 8.40. The fourth-order valence-electron chi connectivity index (χ4n) is 1.04. The molecule has 0 saturated carbocycles. The van der Waals surface area contributed by atoms with Gasteiger partial charge in [-0.3, -0.25) is 4.79 Å². The number of aromatic hydroxyl groups is 1. The quantitative estimate of drug-likeness (QED) is 0.420. The first kappa shape index (κ1) is 11.3. The maximum Gasteiger partial charge on any atom is 0.251 e. The molecule has 1 rings (SSSR count). The number of benzene rings is 1. The van der Waals surface area contributed by atoms with Crippen molar-refractivity contribution in [1.29, 1.82) is 0 Å². The largest absolute Gasteiger partial charge is 0.506 e. The summed E-state index contributed by atoms with van der Waals surface area (Å²) < 4.78 is 0. The van der Waals surface area contributed by atoms with Crippen molar-refractivity contribution in [2.45, 2.75) is 13.0 Å². The molecule has 1 amide bonds. The van der Waals surface area contributed by atoms with Crippen LogP contribution in [0.25, 0.3) is 0 Å². The standard InChI is InChI=1S/C10H14N2O3/c1-6(5-13)12-10(15)7-2-3-8(11)9(14)4-7/h2-4,6,13-14H,5,11H2,1H3,(H,12,15)/t6-/m1/s1. The lowest BCUT2D eigenvalue weighted by molar-refractivity contribution is 0.0922. The van der Waals surface area contributed by atoms with Gasteiger partial charge < -0.3 is 21.3 Å². The fourth-order valence-corrected chi connectivity index (χ4v) is 1.04. The first-order chi connectivity index (χ1) is 7.04. The summed E-state index contributed by atoms with van der Waals surface area (Å²) in [5.41, 5.74) is 5.93. The Morgan fingerprint density at radius 1 is 1.60 bits per heavy atom. The van der Waals surface area contributed by atoms with Crippen molar-refractivity contribution in [3.8, 4) is 5.75 Å². The van der Waals surface area contributed by atoms with Crippen LogP contribution in [0.15, 0.2) is 18.2 Å². The Morgan fingerprint density at radius 3 is 2.80 bits per heavy atom. The molecule has 5 heteroatoms. The van der Waals surface area contributed by atoms with E-state index in [0.717, 1.165) is 0 Å². The number of phenolic OH excluding ortho intramolecular Hbond substituents is 1. The third kappa shape index (κ3) is 2.85. The number of aliphatic hydroxyl groups excluding tert-OH is 1. The Kier molecular flexibility index (Phi) is 3.51. The van der Waals surface area contributed by atoms with Crippen LogP contribution in [0.3, 0.4) is 0 Å². The molecule has 82 valence electrons. The monoisotopic (exact) mass is 210 g/mol. The highest BCUT2D eigenvalue weighted by molar-refractivity contribution is 5.95. The van der Waals surface area contributed by atoms with Crippen LogP contribution in [0.4, 0.5) is 5.69 Å². The Bertz CT molecular complexity index is 366. The van der Waals surface area contributed by atoms with Gasteiger partial charge in [-0.2, -0.15) is 0 Å². The van der Waals surface area contributed by atoms with Crippen molar-refractivity contribution in [3.05, 3.63) is 23.8 Å². The van der Waals surface area contributed by atoms with Crippen LogP contribution in [-0.4, -0.2) is 28.8 Å². The smallest absolute Gasteiger partial charge is 0.251 e. The number of nitrogens with one attached hydrogen (secondary N) is 1. The van der Waals surface area contributed by atoms with Crippen molar-refractivity contribution < 1.29 is 15.0 Å². The lowest BCUT2D eigenvalue weighted by atomic mass is 10.1. The average molecular weight is 210 g/mol. The lowest BCUT2D eigenvalue weighted by Crippen LogP contribution is -2.34. The summed E-state index contributed by atoms with van der Waals surface area (Å²) in [6.45, 7) is 1.54. The van der Waals surface area contributed by atoms with E-state index in [1.54, 1.807) is 6.92 Å². The molecule has 0 aromatic heterocycles. The number of carbonyl (C=O) groups excluding carboxylic acids is 1. The first-order valence-electron chi connectivity index (χ1n) is 4.54. The normalized spacial score (nSPS) is 12.1. The summed E-state index contributed by atoms with van der Waals surface area (Å²) in [5.74, 6) is -0.480. The molecule has 5 nitrogen and oxygen atoms in total. The summed E-state index contributed by atoms with van der Waals surface area (Å²) in [6.07, 6.45) is 0. The first-order valence-corrected chi connectivity index (χ1v) is 4.54. The lowest BCUT2D eigenvalue weighted by Gasteiger charge is -2.11. The molecule has 1 aromatic carbocycles. The van der Waals surface area contributed by atoms with Crippen molar-refractivity contribution >= 4 is 11.6 Å². The summed E-state index contributed by atoms with van der Waals surface area (Å²) in [5, 5.41) is 20.6. The zero-order valence-electron chi connectivity index (χ0n) is 8.40. The van der Waals surface area contributed by atoms with Gasteiger partial charge in [0.1, 0.15) is 5.75 Å². The second-order valence-corrected chi connectivity index (χ2v) is 3.33. The highest BCUT2D eigenvalue weighted by Gasteiger charge is 2.10. The van der Waals surface area contributed by atoms with E-state index in [1.807, 2.05) is 0 Å². The van der Waals surface area contributed by atoms with Crippen LogP contribution in [-0.2, 0) is 0 Å². The molecule has 1 atom stereocenters. The number of nitrogen functional groups attached to an aromatic ring is 1. The molecule has 1 aromatic rings. The Hall–Kier alpha value is -1.75. The molecule has 0 aliphatic heterocycles. The van der Waals surface area contributed by atoms with E-state index in [1.165, 1.54) is 18.2 Å². The van der Waals surface area contributed by atoms with Crippen LogP contribution in [0, 0.1) is 0 Å². The molecule has 5 N–H and O–H groups in total. The number of carbonyl (C=O) groups is 1. The van der Waals surface area contributed by atoms with E-state index in [4.69, 9.17) is 10.8 Å². The van der Waals surface area contributed by atoms with Gasteiger partial charge in [-0.15, -0.1) is 0 Å². The van der Waals surface area contributed by atoms with Gasteiger partial charge in [0, 0.05) is 11.6 Å². The summed E-state index contributed by atoms with van der Waals surface area (Å²) >= 11 is 0. The molecule has 0 unspecified atom stereocenters. The van der Waals surface area contributed by atoms with Crippen molar-refractivity contribution in [3.63, 3.8) is 0 Å². The number of rotatable bonds is 3. The number of amides is 1. The van der Waals surface area contributed by atoms with Gasteiger partial charge in [-0.1, -0.05) is 0 Å². The summed E-state index contributed by atoms with van der Waals surface area (Å²) in [4.78, 5) is 11.5. The molecule has 0 radical (unpaired) electrons. The van der Waals surface area contributed by atoms with Gasteiger partial charge in [-0.05, 0) is 25.1 Å². The average Bonchev–Trinajstić information content (AvgIpc) is 2.21. The predicted molar refractivity (Wildman–Crippen MR) is 56.5 cm³/mol. The molecule has 15 heavy (non-hydrogen) atoms. The van der Waals surface area contributed by atoms with E-state index >= 15 is 0 Å². The highest BCUT2D eigenvalue weighted by atomic mass is 16.3. The molecule has 0 heterocycles. The SMILES string of the molecule is C[C@H](CO)NC(=O)c1ccc(N)c(O)c1. The Morgan fingerprint density at radius 2 is 2.27 bits per heavy atom. The molecular weight excluding hydrogens is 196 g/mol. The number of phenols is 1. The Balaban J connectivity index is 2.78. The zero-order chi connectivity index (χ0) is 11.4. The molecule has 0 saturated heterocycles. The molecule has 0 aliphatic rings. The number of hydrogen-bond acceptors (Lipinski definition) is 4. The van der Waals surface area contributed by atoms with Gasteiger partial charge in [0.25, 0.3) is 5.91 Å². The molecule has 0 spiro atoms. The van der Waals surface area contributed by atoms with Crippen LogP contribution < -0.4 is 11.1 Å². The highest BCUT2D eigenvalue weighted by Crippen LogP contribution is 2.20. The topological polar surface area (TPSA) is 95.6 Å². The second kappa shape index (κ2) is 4.65. The van der Waals surface area contributed by atoms with Crippen molar-refractivity contribution in [1.82, 2.24) is 5.32 Å². The number of anilines is 1. The van der Waals surface area contributed by atoms with E-state index in [2.05, 4.69) is 5.32 Å². The number of nitrogens with two attached hydrogens (primary N) is 1. The minimum Gasteiger partial charge on any atom is -0.506 e. The molecule has 0 fully saturated rings. The number of aliphatic hydroxyl groups is 1. The third-order valence-corrected chi connectivity index (χ3v) is 1.94. The molecule has 0 aliphatic carbocycles. The van der Waals surface area contributed by atoms with E-state index in [-0.39, 0.29) is 30.0 Å². The van der Waals surface area contributed by atoms with Crippen molar-refractivity contribution in [2.24, 2.45) is 0 Å². The predicted octanol–water partition coefficient (Wildman–Crippen LogP) is 0.0850. The summed E-state index contributed by atoms with van der Waals surface area (Å²) in [7, 11) is 0. The van der Waals surface area contributed by atoms with Gasteiger partial charge in [-0.25, -0.2) is 0 Å². The minimum absolute atomic E-state index is 0.126. The second-order valence-electron chi connectivity index (χ2n) is 3.33. The fraction of sp³-hybridized carbons (Fsp3) is 0.300. The van der Waals surface area contributed by atoms with E-state index in [9.17, 15) is 9.90 Å². The van der Waals surface area contributed by atoms with Gasteiger partial charge >= 0.3 is 0 Å². The summed E-state index contributed by atoms with van der Waals surface area (Å²) in [6, 6.07) is 3.93.